The van der Waals surface area contributed by atoms with Crippen LogP contribution in [0.5, 0.6) is 0 Å². The fraction of sp³-hybridized carbons (Fsp3) is 0.545. The fourth-order valence-electron chi connectivity index (χ4n) is 1.76. The topological polar surface area (TPSA) is 69.1 Å². The molecule has 0 saturated carbocycles. The summed E-state index contributed by atoms with van der Waals surface area (Å²) in [6.45, 7) is 7.96. The molecule has 0 fully saturated rings. The van der Waals surface area contributed by atoms with Crippen molar-refractivity contribution in [1.29, 1.82) is 0 Å². The summed E-state index contributed by atoms with van der Waals surface area (Å²) in [6.07, 6.45) is 0.807. The summed E-state index contributed by atoms with van der Waals surface area (Å²) >= 11 is 0. The predicted octanol–water partition coefficient (Wildman–Crippen LogP) is 1.33. The van der Waals surface area contributed by atoms with Gasteiger partial charge in [0.1, 0.15) is 0 Å². The first-order valence-corrected chi connectivity index (χ1v) is 5.44. The number of nitrogens with two attached hydrogens (primary N) is 1. The molecular weight excluding hydrogens is 202 g/mol. The van der Waals surface area contributed by atoms with Crippen molar-refractivity contribution in [1.82, 2.24) is 19.6 Å². The first kappa shape index (κ1) is 11.0. The van der Waals surface area contributed by atoms with Crippen LogP contribution >= 0.6 is 0 Å². The Labute approximate surface area is 94.7 Å². The molecule has 0 saturated heterocycles. The maximum absolute atomic E-state index is 6.20. The van der Waals surface area contributed by atoms with Crippen molar-refractivity contribution >= 4 is 5.78 Å². The summed E-state index contributed by atoms with van der Waals surface area (Å²) in [7, 11) is 0. The molecule has 5 heteroatoms. The van der Waals surface area contributed by atoms with E-state index < -0.39 is 5.54 Å². The van der Waals surface area contributed by atoms with E-state index in [-0.39, 0.29) is 0 Å². The maximum Gasteiger partial charge on any atom is 0.255 e. The van der Waals surface area contributed by atoms with Crippen LogP contribution in [0.4, 0.5) is 0 Å². The maximum atomic E-state index is 6.20. The van der Waals surface area contributed by atoms with Crippen molar-refractivity contribution in [2.75, 3.05) is 0 Å². The second-order valence-electron chi connectivity index (χ2n) is 4.47. The van der Waals surface area contributed by atoms with Crippen LogP contribution in [0.1, 0.15) is 37.5 Å². The van der Waals surface area contributed by atoms with Crippen molar-refractivity contribution in [3.8, 4) is 0 Å². The van der Waals surface area contributed by atoms with Crippen LogP contribution in [0.25, 0.3) is 5.78 Å². The normalized spacial score (nSPS) is 15.3. The molecule has 1 unspecified atom stereocenters. The Morgan fingerprint density at radius 1 is 1.38 bits per heavy atom. The van der Waals surface area contributed by atoms with Gasteiger partial charge in [-0.3, -0.25) is 4.40 Å². The van der Waals surface area contributed by atoms with E-state index in [1.54, 1.807) is 0 Å². The third-order valence-corrected chi connectivity index (χ3v) is 2.94. The Bertz CT molecular complexity index is 526. The summed E-state index contributed by atoms with van der Waals surface area (Å²) < 4.78 is 1.93. The standard InChI is InChI=1S/C11H17N5/c1-5-11(4,12)9-14-15-10-13-7(2)6-8(3)16(9)10/h6H,5,12H2,1-4H3. The Kier molecular flexibility index (Phi) is 2.42. The third-order valence-electron chi connectivity index (χ3n) is 2.94. The molecule has 0 amide bonds. The molecule has 0 bridgehead atoms. The average Bonchev–Trinajstić information content (AvgIpc) is 2.62. The highest BCUT2D eigenvalue weighted by atomic mass is 15.3. The molecule has 0 radical (unpaired) electrons. The molecule has 0 aliphatic heterocycles. The minimum absolute atomic E-state index is 0.471. The van der Waals surface area contributed by atoms with E-state index in [0.29, 0.717) is 5.78 Å². The third kappa shape index (κ3) is 1.57. The van der Waals surface area contributed by atoms with Crippen LogP contribution in [-0.4, -0.2) is 19.6 Å². The molecule has 0 aromatic carbocycles. The molecular formula is C11H17N5. The zero-order chi connectivity index (χ0) is 11.9. The van der Waals surface area contributed by atoms with Crippen LogP contribution in [0.3, 0.4) is 0 Å². The number of hydrogen-bond acceptors (Lipinski definition) is 4. The Morgan fingerprint density at radius 2 is 2.06 bits per heavy atom. The van der Waals surface area contributed by atoms with Crippen LogP contribution in [0.2, 0.25) is 0 Å². The number of rotatable bonds is 2. The second kappa shape index (κ2) is 3.52. The number of aryl methyl sites for hydroxylation is 2. The lowest BCUT2D eigenvalue weighted by Crippen LogP contribution is -2.34. The molecule has 1 atom stereocenters. The highest BCUT2D eigenvalue weighted by molar-refractivity contribution is 5.34. The van der Waals surface area contributed by atoms with Crippen molar-refractivity contribution in [3.63, 3.8) is 0 Å². The summed E-state index contributed by atoms with van der Waals surface area (Å²) in [5.41, 5.74) is 7.74. The minimum Gasteiger partial charge on any atom is -0.319 e. The molecule has 2 aromatic heterocycles. The SMILES string of the molecule is CCC(C)(N)c1nnc2nc(C)cc(C)n12. The van der Waals surface area contributed by atoms with Gasteiger partial charge in [0.05, 0.1) is 5.54 Å². The molecule has 2 N–H and O–H groups in total. The van der Waals surface area contributed by atoms with E-state index >= 15 is 0 Å². The quantitative estimate of drug-likeness (QED) is 0.827. The van der Waals surface area contributed by atoms with E-state index in [9.17, 15) is 0 Å². The average molecular weight is 219 g/mol. The van der Waals surface area contributed by atoms with Gasteiger partial charge >= 0.3 is 0 Å². The Balaban J connectivity index is 2.74. The zero-order valence-corrected chi connectivity index (χ0v) is 10.2. The summed E-state index contributed by atoms with van der Waals surface area (Å²) in [5.74, 6) is 1.40. The van der Waals surface area contributed by atoms with Crippen LogP contribution in [-0.2, 0) is 5.54 Å². The van der Waals surface area contributed by atoms with E-state index in [0.717, 1.165) is 23.6 Å². The van der Waals surface area contributed by atoms with Gasteiger partial charge in [-0.15, -0.1) is 10.2 Å². The van der Waals surface area contributed by atoms with Crippen LogP contribution < -0.4 is 5.73 Å². The molecule has 0 aliphatic carbocycles. The molecule has 0 spiro atoms. The van der Waals surface area contributed by atoms with E-state index in [4.69, 9.17) is 5.73 Å². The van der Waals surface area contributed by atoms with Gasteiger partial charge in [0.2, 0.25) is 0 Å². The molecule has 2 heterocycles. The largest absolute Gasteiger partial charge is 0.319 e. The Hall–Kier alpha value is -1.49. The highest BCUT2D eigenvalue weighted by Gasteiger charge is 2.26. The summed E-state index contributed by atoms with van der Waals surface area (Å²) in [4.78, 5) is 4.34. The lowest BCUT2D eigenvalue weighted by molar-refractivity contribution is 0.439. The summed E-state index contributed by atoms with van der Waals surface area (Å²) in [6, 6.07) is 2.01. The van der Waals surface area contributed by atoms with Crippen molar-refractivity contribution in [3.05, 3.63) is 23.3 Å². The molecule has 2 rings (SSSR count). The second-order valence-corrected chi connectivity index (χ2v) is 4.47. The molecule has 2 aromatic rings. The molecule has 86 valence electrons. The molecule has 16 heavy (non-hydrogen) atoms. The van der Waals surface area contributed by atoms with E-state index in [1.165, 1.54) is 0 Å². The number of fused-ring (bicyclic) bond motifs is 1. The predicted molar refractivity (Wildman–Crippen MR) is 62.1 cm³/mol. The van der Waals surface area contributed by atoms with Gasteiger partial charge < -0.3 is 5.73 Å². The first-order valence-electron chi connectivity index (χ1n) is 5.44. The van der Waals surface area contributed by atoms with Gasteiger partial charge in [-0.1, -0.05) is 6.92 Å². The zero-order valence-electron chi connectivity index (χ0n) is 10.2. The van der Waals surface area contributed by atoms with Gasteiger partial charge in [0.15, 0.2) is 5.82 Å². The fourth-order valence-corrected chi connectivity index (χ4v) is 1.76. The number of aromatic nitrogens is 4. The van der Waals surface area contributed by atoms with Crippen LogP contribution in [0.15, 0.2) is 6.07 Å². The van der Waals surface area contributed by atoms with Gasteiger partial charge in [-0.05, 0) is 33.3 Å². The number of nitrogens with zero attached hydrogens (tertiary/aromatic N) is 4. The number of hydrogen-bond donors (Lipinski definition) is 1. The van der Waals surface area contributed by atoms with Gasteiger partial charge in [0, 0.05) is 11.4 Å². The van der Waals surface area contributed by atoms with Crippen molar-refractivity contribution < 1.29 is 0 Å². The summed E-state index contributed by atoms with van der Waals surface area (Å²) in [5, 5.41) is 8.24. The van der Waals surface area contributed by atoms with Crippen molar-refractivity contribution in [2.45, 2.75) is 39.7 Å². The van der Waals surface area contributed by atoms with Crippen molar-refractivity contribution in [2.24, 2.45) is 5.73 Å². The van der Waals surface area contributed by atoms with Gasteiger partial charge in [-0.2, -0.15) is 0 Å². The van der Waals surface area contributed by atoms with E-state index in [2.05, 4.69) is 15.2 Å². The smallest absolute Gasteiger partial charge is 0.255 e. The van der Waals surface area contributed by atoms with Crippen LogP contribution in [0, 0.1) is 13.8 Å². The highest BCUT2D eigenvalue weighted by Crippen LogP contribution is 2.20. The lowest BCUT2D eigenvalue weighted by Gasteiger charge is -2.20. The minimum atomic E-state index is -0.471. The monoisotopic (exact) mass is 219 g/mol. The van der Waals surface area contributed by atoms with E-state index in [1.807, 2.05) is 38.2 Å². The molecule has 5 nitrogen and oxygen atoms in total. The Morgan fingerprint density at radius 3 is 2.69 bits per heavy atom. The van der Waals surface area contributed by atoms with Gasteiger partial charge in [-0.25, -0.2) is 4.98 Å². The lowest BCUT2D eigenvalue weighted by atomic mass is 10.00. The van der Waals surface area contributed by atoms with Gasteiger partial charge in [0.25, 0.3) is 5.78 Å². The first-order chi connectivity index (χ1) is 7.45. The molecule has 0 aliphatic rings.